The molecular formula is C10H17NO11S. The van der Waals surface area contributed by atoms with Gasteiger partial charge >= 0.3 is 23.9 Å². The quantitative estimate of drug-likeness (QED) is 0.154. The third-order valence-corrected chi connectivity index (χ3v) is 2.21. The van der Waals surface area contributed by atoms with Gasteiger partial charge in [-0.05, 0) is 0 Å². The molecule has 0 aromatic heterocycles. The zero-order valence-electron chi connectivity index (χ0n) is 11.5. The van der Waals surface area contributed by atoms with Gasteiger partial charge in [-0.2, -0.15) is 12.6 Å². The van der Waals surface area contributed by atoms with Gasteiger partial charge in [0.25, 0.3) is 0 Å². The first-order chi connectivity index (χ1) is 10.5. The summed E-state index contributed by atoms with van der Waals surface area (Å²) in [6.07, 6.45) is -10.4. The summed E-state index contributed by atoms with van der Waals surface area (Å²) < 4.78 is 3.93. The Bertz CT molecular complexity index is 427. The van der Waals surface area contributed by atoms with Crippen LogP contribution in [-0.2, 0) is 23.9 Å². The fourth-order valence-electron chi connectivity index (χ4n) is 0.838. The van der Waals surface area contributed by atoms with Gasteiger partial charge in [0.2, 0.25) is 6.10 Å². The summed E-state index contributed by atoms with van der Waals surface area (Å²) in [5.41, 5.74) is 4.95. The predicted octanol–water partition coefficient (Wildman–Crippen LogP) is -3.89. The number of aliphatic hydroxyl groups is 3. The molecule has 12 nitrogen and oxygen atoms in total. The molecule has 0 heterocycles. The molecule has 0 aromatic carbocycles. The lowest BCUT2D eigenvalue weighted by atomic mass is 10.2. The zero-order valence-corrected chi connectivity index (χ0v) is 12.4. The van der Waals surface area contributed by atoms with Crippen LogP contribution in [0.25, 0.3) is 0 Å². The number of carboxylic acids is 3. The maximum absolute atomic E-state index is 11.1. The Labute approximate surface area is 134 Å². The smallest absolute Gasteiger partial charge is 0.348 e. The van der Waals surface area contributed by atoms with Crippen LogP contribution in [0.15, 0.2) is 0 Å². The van der Waals surface area contributed by atoms with Crippen molar-refractivity contribution in [3.8, 4) is 0 Å². The van der Waals surface area contributed by atoms with Crippen molar-refractivity contribution in [2.75, 3.05) is 12.3 Å². The number of ether oxygens (including phenoxy) is 1. The Kier molecular flexibility index (Phi) is 11.8. The highest BCUT2D eigenvalue weighted by atomic mass is 32.1. The van der Waals surface area contributed by atoms with Crippen LogP contribution in [0, 0.1) is 0 Å². The first-order valence-corrected chi connectivity index (χ1v) is 6.38. The van der Waals surface area contributed by atoms with Gasteiger partial charge in [0.05, 0.1) is 0 Å². The monoisotopic (exact) mass is 359 g/mol. The Morgan fingerprint density at radius 3 is 1.52 bits per heavy atom. The summed E-state index contributed by atoms with van der Waals surface area (Å²) in [4.78, 5) is 42.2. The van der Waals surface area contributed by atoms with Crippen molar-refractivity contribution in [3.05, 3.63) is 0 Å². The highest BCUT2D eigenvalue weighted by molar-refractivity contribution is 7.80. The highest BCUT2D eigenvalue weighted by Gasteiger charge is 2.39. The van der Waals surface area contributed by atoms with Crippen LogP contribution in [0.3, 0.4) is 0 Å². The summed E-state index contributed by atoms with van der Waals surface area (Å²) in [7, 11) is 0. The summed E-state index contributed by atoms with van der Waals surface area (Å²) >= 11 is 3.80. The van der Waals surface area contributed by atoms with Gasteiger partial charge in [-0.25, -0.2) is 19.2 Å². The number of carbonyl (C=O) groups excluding carboxylic acids is 1. The number of nitrogens with two attached hydrogens (primary N) is 1. The molecule has 0 amide bonds. The molecule has 0 aliphatic heterocycles. The third-order valence-electron chi connectivity index (χ3n) is 1.95. The van der Waals surface area contributed by atoms with Gasteiger partial charge in [0, 0.05) is 12.3 Å². The van der Waals surface area contributed by atoms with Crippen molar-refractivity contribution < 1.29 is 54.6 Å². The molecule has 0 saturated carbocycles. The molecule has 134 valence electrons. The summed E-state index contributed by atoms with van der Waals surface area (Å²) in [5.74, 6) is -7.17. The predicted molar refractivity (Wildman–Crippen MR) is 73.7 cm³/mol. The lowest BCUT2D eigenvalue weighted by molar-refractivity contribution is -0.188. The molecule has 8 N–H and O–H groups in total. The fourth-order valence-corrected chi connectivity index (χ4v) is 0.838. The molecule has 4 unspecified atom stereocenters. The molecular weight excluding hydrogens is 342 g/mol. The first kappa shape index (κ1) is 23.3. The highest BCUT2D eigenvalue weighted by Crippen LogP contribution is 2.06. The maximum atomic E-state index is 11.1. The Morgan fingerprint density at radius 2 is 1.26 bits per heavy atom. The first-order valence-electron chi connectivity index (χ1n) is 5.75. The van der Waals surface area contributed by atoms with E-state index in [9.17, 15) is 19.2 Å². The number of rotatable bonds is 8. The molecule has 4 atom stereocenters. The molecule has 0 radical (unpaired) electrons. The Hall–Kier alpha value is -1.93. The molecule has 0 bridgehead atoms. The van der Waals surface area contributed by atoms with Crippen molar-refractivity contribution in [1.29, 1.82) is 0 Å². The van der Waals surface area contributed by atoms with Crippen molar-refractivity contribution in [2.24, 2.45) is 5.73 Å². The molecule has 0 aromatic rings. The number of esters is 1. The van der Waals surface area contributed by atoms with Crippen LogP contribution in [0.2, 0.25) is 0 Å². The molecule has 0 aliphatic carbocycles. The van der Waals surface area contributed by atoms with Gasteiger partial charge in [-0.1, -0.05) is 0 Å². The van der Waals surface area contributed by atoms with Crippen LogP contribution in [0.1, 0.15) is 0 Å². The number of carboxylic acid groups (broad SMARTS) is 3. The second-order valence-electron chi connectivity index (χ2n) is 3.72. The van der Waals surface area contributed by atoms with Crippen LogP contribution in [-0.4, -0.2) is 91.2 Å². The summed E-state index contributed by atoms with van der Waals surface area (Å²) in [6, 6.07) is 0. The van der Waals surface area contributed by atoms with E-state index in [0.29, 0.717) is 6.54 Å². The van der Waals surface area contributed by atoms with E-state index in [1.165, 1.54) is 0 Å². The largest absolute Gasteiger partial charge is 0.479 e. The number of carbonyl (C=O) groups is 4. The van der Waals surface area contributed by atoms with Gasteiger partial charge in [-0.15, -0.1) is 0 Å². The van der Waals surface area contributed by atoms with Crippen molar-refractivity contribution in [3.63, 3.8) is 0 Å². The molecule has 13 heteroatoms. The van der Waals surface area contributed by atoms with Crippen LogP contribution >= 0.6 is 12.6 Å². The number of thiol groups is 1. The maximum Gasteiger partial charge on any atom is 0.348 e. The van der Waals surface area contributed by atoms with Crippen LogP contribution in [0.4, 0.5) is 0 Å². The average molecular weight is 359 g/mol. The van der Waals surface area contributed by atoms with Gasteiger partial charge in [-0.3, -0.25) is 0 Å². The fraction of sp³-hybridized carbons (Fsp3) is 0.600. The Morgan fingerprint density at radius 1 is 0.870 bits per heavy atom. The summed E-state index contributed by atoms with van der Waals surface area (Å²) in [5, 5.41) is 51.8. The molecule has 0 aliphatic rings. The van der Waals surface area contributed by atoms with Gasteiger partial charge < -0.3 is 41.1 Å². The minimum atomic E-state index is -2.64. The van der Waals surface area contributed by atoms with Crippen molar-refractivity contribution in [1.82, 2.24) is 0 Å². The van der Waals surface area contributed by atoms with E-state index in [1.807, 2.05) is 0 Å². The number of hydrogen-bond donors (Lipinski definition) is 8. The molecule has 23 heavy (non-hydrogen) atoms. The molecule has 0 spiro atoms. The average Bonchev–Trinajstić information content (AvgIpc) is 2.49. The van der Waals surface area contributed by atoms with Crippen molar-refractivity contribution in [2.45, 2.75) is 24.4 Å². The van der Waals surface area contributed by atoms with E-state index in [-0.39, 0.29) is 0 Å². The van der Waals surface area contributed by atoms with Gasteiger partial charge in [0.1, 0.15) is 0 Å². The molecule has 0 saturated heterocycles. The van der Waals surface area contributed by atoms with Crippen molar-refractivity contribution >= 4 is 36.5 Å². The minimum Gasteiger partial charge on any atom is -0.479 e. The van der Waals surface area contributed by atoms with Crippen LogP contribution in [0.5, 0.6) is 0 Å². The standard InChI is InChI=1S/C8H10O11.C2H7NS/c9-1(5(12)13)2(10)8(18)19-4(7(16)17)3(11)6(14)15;3-1-2-4/h1-4,9-11H,(H,12,13)(H,14,15)(H,16,17);4H,1-3H2. The van der Waals surface area contributed by atoms with E-state index in [4.69, 9.17) is 36.4 Å². The minimum absolute atomic E-state index is 0.684. The van der Waals surface area contributed by atoms with E-state index in [1.54, 1.807) is 0 Å². The SMILES string of the molecule is NCCS.O=C(O)C(O)C(O)C(=O)OC(C(=O)O)C(O)C(=O)O. The van der Waals surface area contributed by atoms with E-state index in [0.717, 1.165) is 5.75 Å². The normalized spacial score (nSPS) is 15.2. The molecule has 0 rings (SSSR count). The van der Waals surface area contributed by atoms with Crippen LogP contribution < -0.4 is 5.73 Å². The lowest BCUT2D eigenvalue weighted by Gasteiger charge is -2.19. The number of aliphatic carboxylic acids is 3. The Balaban J connectivity index is 0. The number of hydrogen-bond acceptors (Lipinski definition) is 10. The lowest BCUT2D eigenvalue weighted by Crippen LogP contribution is -2.47. The number of aliphatic hydroxyl groups excluding tert-OH is 3. The second kappa shape index (κ2) is 11.6. The second-order valence-corrected chi connectivity index (χ2v) is 4.17. The third kappa shape index (κ3) is 8.94. The summed E-state index contributed by atoms with van der Waals surface area (Å²) in [6.45, 7) is 0.684. The zero-order chi connectivity index (χ0) is 18.7. The topological polar surface area (TPSA) is 225 Å². The van der Waals surface area contributed by atoms with Gasteiger partial charge in [0.15, 0.2) is 18.3 Å². The van der Waals surface area contributed by atoms with E-state index in [2.05, 4.69) is 17.4 Å². The van der Waals surface area contributed by atoms with E-state index < -0.39 is 48.3 Å². The van der Waals surface area contributed by atoms with E-state index >= 15 is 0 Å². The molecule has 0 fully saturated rings.